The third kappa shape index (κ3) is 5.04. The predicted octanol–water partition coefficient (Wildman–Crippen LogP) is 3.43. The van der Waals surface area contributed by atoms with Gasteiger partial charge in [0.25, 0.3) is 0 Å². The van der Waals surface area contributed by atoms with Crippen LogP contribution in [0.25, 0.3) is 11.1 Å². The van der Waals surface area contributed by atoms with E-state index in [1.54, 1.807) is 36.7 Å². The molecule has 1 saturated heterocycles. The first-order chi connectivity index (χ1) is 16.5. The summed E-state index contributed by atoms with van der Waals surface area (Å²) in [5.41, 5.74) is 2.46. The summed E-state index contributed by atoms with van der Waals surface area (Å²) in [5.74, 6) is 1.57. The highest BCUT2D eigenvalue weighted by Gasteiger charge is 2.27. The summed E-state index contributed by atoms with van der Waals surface area (Å²) < 4.78 is 0. The molecule has 9 nitrogen and oxygen atoms in total. The maximum Gasteiger partial charge on any atom is 0.221 e. The van der Waals surface area contributed by atoms with E-state index < -0.39 is 0 Å². The Morgan fingerprint density at radius 1 is 1.24 bits per heavy atom. The minimum absolute atomic E-state index is 0.182. The van der Waals surface area contributed by atoms with Gasteiger partial charge in [-0.2, -0.15) is 10.5 Å². The van der Waals surface area contributed by atoms with Gasteiger partial charge in [-0.3, -0.25) is 4.79 Å². The number of thioether (sulfide) groups is 1. The van der Waals surface area contributed by atoms with Crippen LogP contribution < -0.4 is 10.2 Å². The maximum absolute atomic E-state index is 11.4. The van der Waals surface area contributed by atoms with Crippen LogP contribution in [0.3, 0.4) is 0 Å². The molecule has 2 aromatic heterocycles. The van der Waals surface area contributed by atoms with Gasteiger partial charge in [0.05, 0.1) is 17.4 Å². The average molecular weight is 474 g/mol. The van der Waals surface area contributed by atoms with Gasteiger partial charge in [0.15, 0.2) is 0 Å². The number of aliphatic hydroxyl groups is 1. The number of piperidine rings is 1. The molecule has 0 bridgehead atoms. The number of hydrogen-bond acceptors (Lipinski definition) is 8. The molecule has 1 aliphatic heterocycles. The van der Waals surface area contributed by atoms with E-state index in [1.807, 2.05) is 4.90 Å². The lowest BCUT2D eigenvalue weighted by Crippen LogP contribution is -2.37. The molecule has 0 aliphatic carbocycles. The minimum Gasteiger partial charge on any atom is -0.393 e. The Morgan fingerprint density at radius 2 is 1.94 bits per heavy atom. The number of rotatable bonds is 6. The molecule has 1 amide bonds. The molecule has 0 atom stereocenters. The summed E-state index contributed by atoms with van der Waals surface area (Å²) in [6.07, 6.45) is 4.21. The van der Waals surface area contributed by atoms with Crippen molar-refractivity contribution in [1.82, 2.24) is 15.0 Å². The maximum atomic E-state index is 11.4. The molecule has 1 fully saturated rings. The lowest BCUT2D eigenvalue weighted by atomic mass is 9.95. The fourth-order valence-corrected chi connectivity index (χ4v) is 4.77. The number of pyridine rings is 1. The lowest BCUT2D eigenvalue weighted by Gasteiger charge is -2.32. The normalized spacial score (nSPS) is 13.8. The summed E-state index contributed by atoms with van der Waals surface area (Å²) in [4.78, 5) is 25.4. The van der Waals surface area contributed by atoms with Crippen molar-refractivity contribution in [2.75, 3.05) is 23.3 Å². The van der Waals surface area contributed by atoms with Crippen LogP contribution in [0.1, 0.15) is 36.7 Å². The number of benzene rings is 1. The molecule has 0 saturated carbocycles. The summed E-state index contributed by atoms with van der Waals surface area (Å²) in [5, 5.41) is 33.5. The van der Waals surface area contributed by atoms with Gasteiger partial charge in [0.1, 0.15) is 34.4 Å². The molecular weight excluding hydrogens is 450 g/mol. The Kier molecular flexibility index (Phi) is 7.12. The minimum atomic E-state index is -0.367. The Balaban J connectivity index is 1.83. The number of anilines is 2. The van der Waals surface area contributed by atoms with E-state index in [-0.39, 0.29) is 12.0 Å². The predicted molar refractivity (Wildman–Crippen MR) is 129 cm³/mol. The van der Waals surface area contributed by atoms with Gasteiger partial charge in [-0.25, -0.2) is 9.97 Å². The number of aromatic nitrogens is 3. The first kappa shape index (κ1) is 23.3. The van der Waals surface area contributed by atoms with Crippen molar-refractivity contribution in [3.63, 3.8) is 0 Å². The van der Waals surface area contributed by atoms with Gasteiger partial charge >= 0.3 is 0 Å². The van der Waals surface area contributed by atoms with E-state index in [0.717, 1.165) is 5.82 Å². The highest BCUT2D eigenvalue weighted by molar-refractivity contribution is 7.98. The molecule has 3 heterocycles. The van der Waals surface area contributed by atoms with Crippen molar-refractivity contribution in [2.24, 2.45) is 0 Å². The molecular formula is C24H23N7O2S. The zero-order chi connectivity index (χ0) is 24.1. The molecule has 34 heavy (non-hydrogen) atoms. The van der Waals surface area contributed by atoms with Gasteiger partial charge in [-0.05, 0) is 30.5 Å². The van der Waals surface area contributed by atoms with E-state index in [2.05, 4.69) is 27.4 Å². The molecule has 1 aliphatic rings. The number of H-pyrrole nitrogens is 1. The zero-order valence-corrected chi connectivity index (χ0v) is 19.4. The highest BCUT2D eigenvalue weighted by Crippen LogP contribution is 2.39. The summed E-state index contributed by atoms with van der Waals surface area (Å²) in [6, 6.07) is 11.6. The molecule has 3 N–H and O–H groups in total. The first-order valence-corrected chi connectivity index (χ1v) is 11.8. The monoisotopic (exact) mass is 473 g/mol. The number of aromatic amines is 1. The Morgan fingerprint density at radius 3 is 2.53 bits per heavy atom. The second kappa shape index (κ2) is 10.4. The molecule has 172 valence electrons. The van der Waals surface area contributed by atoms with Crippen LogP contribution in [0, 0.1) is 22.7 Å². The van der Waals surface area contributed by atoms with Crippen LogP contribution in [-0.4, -0.2) is 45.2 Å². The second-order valence-corrected chi connectivity index (χ2v) is 8.85. The number of carbonyl (C=O) groups is 1. The van der Waals surface area contributed by atoms with Crippen molar-refractivity contribution in [3.8, 4) is 23.3 Å². The quantitative estimate of drug-likeness (QED) is 0.462. The van der Waals surface area contributed by atoms with Gasteiger partial charge in [0.2, 0.25) is 5.91 Å². The zero-order valence-electron chi connectivity index (χ0n) is 18.6. The Hall–Kier alpha value is -3.86. The van der Waals surface area contributed by atoms with E-state index in [4.69, 9.17) is 4.98 Å². The number of nitriles is 2. The third-order valence-corrected chi connectivity index (χ3v) is 6.51. The molecule has 0 spiro atoms. The molecule has 0 unspecified atom stereocenters. The summed E-state index contributed by atoms with van der Waals surface area (Å²) in [6.45, 7) is 2.57. The van der Waals surface area contributed by atoms with Gasteiger partial charge in [0, 0.05) is 43.7 Å². The topological polar surface area (TPSA) is 142 Å². The van der Waals surface area contributed by atoms with E-state index in [1.165, 1.54) is 18.7 Å². The number of nitrogens with zero attached hydrogens (tertiary/aromatic N) is 5. The molecule has 0 radical (unpaired) electrons. The number of imidazole rings is 1. The highest BCUT2D eigenvalue weighted by atomic mass is 32.2. The number of aliphatic hydroxyl groups excluding tert-OH is 1. The van der Waals surface area contributed by atoms with Crippen molar-refractivity contribution in [1.29, 1.82) is 10.5 Å². The fraction of sp³-hybridized carbons (Fsp3) is 0.292. The van der Waals surface area contributed by atoms with Crippen molar-refractivity contribution >= 4 is 29.2 Å². The SMILES string of the molecule is CC(=O)Nc1ccc(-c2c(C#N)c(SCc3ncc[nH]3)nc(N3CCC(O)CC3)c2C#N)cc1. The summed E-state index contributed by atoms with van der Waals surface area (Å²) >= 11 is 1.38. The van der Waals surface area contributed by atoms with Crippen LogP contribution in [0.5, 0.6) is 0 Å². The van der Waals surface area contributed by atoms with Crippen molar-refractivity contribution in [3.05, 3.63) is 53.6 Å². The first-order valence-electron chi connectivity index (χ1n) is 10.8. The molecule has 3 aromatic rings. The van der Waals surface area contributed by atoms with E-state index in [9.17, 15) is 20.4 Å². The number of amides is 1. The number of hydrogen-bond donors (Lipinski definition) is 3. The van der Waals surface area contributed by atoms with E-state index >= 15 is 0 Å². The fourth-order valence-electron chi connectivity index (χ4n) is 3.90. The Labute approximate surface area is 201 Å². The number of carbonyl (C=O) groups excluding carboxylic acids is 1. The average Bonchev–Trinajstić information content (AvgIpc) is 3.36. The van der Waals surface area contributed by atoms with Crippen LogP contribution in [0.15, 0.2) is 41.7 Å². The molecule has 4 rings (SSSR count). The second-order valence-electron chi connectivity index (χ2n) is 7.89. The Bertz CT molecular complexity index is 1250. The number of nitrogens with one attached hydrogen (secondary N) is 2. The van der Waals surface area contributed by atoms with Crippen molar-refractivity contribution in [2.45, 2.75) is 36.6 Å². The molecule has 10 heteroatoms. The standard InChI is InChI=1S/C24H23N7O2S/c1-15(32)29-17-4-2-16(3-5-17)22-19(12-25)23(31-10-6-18(33)7-11-31)30-24(20(22)13-26)34-14-21-27-8-9-28-21/h2-5,8-9,18,33H,6-7,10-11,14H2,1H3,(H,27,28)(H,29,32). The van der Waals surface area contributed by atoms with E-state index in [0.29, 0.717) is 70.5 Å². The van der Waals surface area contributed by atoms with Gasteiger partial charge in [-0.1, -0.05) is 23.9 Å². The van der Waals surface area contributed by atoms with Crippen LogP contribution in [-0.2, 0) is 10.5 Å². The lowest BCUT2D eigenvalue weighted by molar-refractivity contribution is -0.114. The molecule has 1 aromatic carbocycles. The van der Waals surface area contributed by atoms with Crippen molar-refractivity contribution < 1.29 is 9.90 Å². The van der Waals surface area contributed by atoms with Gasteiger partial charge < -0.3 is 20.3 Å². The van der Waals surface area contributed by atoms with Crippen LogP contribution in [0.4, 0.5) is 11.5 Å². The third-order valence-electron chi connectivity index (χ3n) is 5.53. The van der Waals surface area contributed by atoms with Crippen LogP contribution in [0.2, 0.25) is 0 Å². The summed E-state index contributed by atoms with van der Waals surface area (Å²) in [7, 11) is 0. The van der Waals surface area contributed by atoms with Crippen LogP contribution >= 0.6 is 11.8 Å². The largest absolute Gasteiger partial charge is 0.393 e. The van der Waals surface area contributed by atoms with Gasteiger partial charge in [-0.15, -0.1) is 0 Å². The smallest absolute Gasteiger partial charge is 0.221 e.